The molecule has 1 aliphatic carbocycles. The summed E-state index contributed by atoms with van der Waals surface area (Å²) in [6.45, 7) is -0.0629. The van der Waals surface area contributed by atoms with Gasteiger partial charge in [0.05, 0.1) is 11.6 Å². The van der Waals surface area contributed by atoms with Crippen LogP contribution in [0.4, 0.5) is 5.82 Å². The summed E-state index contributed by atoms with van der Waals surface area (Å²) >= 11 is 0. The molecular formula is C13H15N3O2. The van der Waals surface area contributed by atoms with Crippen LogP contribution in [0.25, 0.3) is 0 Å². The van der Waals surface area contributed by atoms with Crippen molar-refractivity contribution in [2.45, 2.75) is 31.7 Å². The molecule has 2 rings (SSSR count). The first-order chi connectivity index (χ1) is 8.70. The molecule has 1 aromatic heterocycles. The van der Waals surface area contributed by atoms with E-state index in [0.717, 1.165) is 25.7 Å². The minimum absolute atomic E-state index is 0.0629. The molecule has 0 spiro atoms. The van der Waals surface area contributed by atoms with Crippen LogP contribution >= 0.6 is 0 Å². The second-order valence-electron chi connectivity index (χ2n) is 4.47. The molecule has 94 valence electrons. The van der Waals surface area contributed by atoms with E-state index in [1.165, 1.54) is 0 Å². The van der Waals surface area contributed by atoms with Crippen molar-refractivity contribution < 1.29 is 9.90 Å². The molecule has 1 aliphatic rings. The number of rotatable bonds is 4. The van der Waals surface area contributed by atoms with E-state index in [1.54, 1.807) is 23.2 Å². The Kier molecular flexibility index (Phi) is 3.78. The molecule has 0 atom stereocenters. The Hall–Kier alpha value is -2.09. The zero-order chi connectivity index (χ0) is 13.0. The molecule has 0 unspecified atom stereocenters. The van der Waals surface area contributed by atoms with Gasteiger partial charge in [0.15, 0.2) is 0 Å². The van der Waals surface area contributed by atoms with E-state index in [9.17, 15) is 4.79 Å². The maximum Gasteiger partial charge on any atom is 0.323 e. The molecule has 0 radical (unpaired) electrons. The Labute approximate surface area is 106 Å². The van der Waals surface area contributed by atoms with E-state index >= 15 is 0 Å². The van der Waals surface area contributed by atoms with E-state index in [2.05, 4.69) is 11.1 Å². The summed E-state index contributed by atoms with van der Waals surface area (Å²) in [6.07, 6.45) is 5.78. The van der Waals surface area contributed by atoms with Crippen LogP contribution in [0.15, 0.2) is 18.3 Å². The average Bonchev–Trinajstić information content (AvgIpc) is 2.89. The fourth-order valence-corrected chi connectivity index (χ4v) is 2.40. The zero-order valence-corrected chi connectivity index (χ0v) is 10.0. The highest BCUT2D eigenvalue weighted by molar-refractivity contribution is 5.73. The van der Waals surface area contributed by atoms with E-state index in [0.29, 0.717) is 11.4 Å². The topological polar surface area (TPSA) is 77.2 Å². The van der Waals surface area contributed by atoms with Gasteiger partial charge in [0.1, 0.15) is 12.4 Å². The lowest BCUT2D eigenvalue weighted by Crippen LogP contribution is -2.38. The van der Waals surface area contributed by atoms with Crippen LogP contribution < -0.4 is 4.90 Å². The number of hydrogen-bond donors (Lipinski definition) is 1. The molecule has 5 heteroatoms. The van der Waals surface area contributed by atoms with Crippen molar-refractivity contribution in [3.05, 3.63) is 23.9 Å². The monoisotopic (exact) mass is 245 g/mol. The molecule has 0 bridgehead atoms. The largest absolute Gasteiger partial charge is 0.480 e. The molecular weight excluding hydrogens is 230 g/mol. The van der Waals surface area contributed by atoms with Gasteiger partial charge in [-0.2, -0.15) is 5.26 Å². The van der Waals surface area contributed by atoms with E-state index in [-0.39, 0.29) is 12.6 Å². The highest BCUT2D eigenvalue weighted by Crippen LogP contribution is 2.27. The number of nitriles is 1. The third kappa shape index (κ3) is 2.77. The maximum absolute atomic E-state index is 11.0. The molecule has 1 N–H and O–H groups in total. The SMILES string of the molecule is N#Cc1ccnc(N(CC(=O)O)C2CCCC2)c1. The number of anilines is 1. The predicted molar refractivity (Wildman–Crippen MR) is 66.2 cm³/mol. The van der Waals surface area contributed by atoms with E-state index in [4.69, 9.17) is 10.4 Å². The van der Waals surface area contributed by atoms with Gasteiger partial charge in [-0.3, -0.25) is 4.79 Å². The Balaban J connectivity index is 2.26. The lowest BCUT2D eigenvalue weighted by molar-refractivity contribution is -0.135. The maximum atomic E-state index is 11.0. The number of pyridine rings is 1. The van der Waals surface area contributed by atoms with Gasteiger partial charge in [0.2, 0.25) is 0 Å². The average molecular weight is 245 g/mol. The van der Waals surface area contributed by atoms with Gasteiger partial charge in [-0.1, -0.05) is 12.8 Å². The van der Waals surface area contributed by atoms with E-state index in [1.807, 2.05) is 0 Å². The molecule has 0 aromatic carbocycles. The lowest BCUT2D eigenvalue weighted by Gasteiger charge is -2.28. The first kappa shape index (κ1) is 12.4. The van der Waals surface area contributed by atoms with Crippen LogP contribution in [0.3, 0.4) is 0 Å². The highest BCUT2D eigenvalue weighted by Gasteiger charge is 2.25. The van der Waals surface area contributed by atoms with Crippen molar-refractivity contribution in [1.29, 1.82) is 5.26 Å². The van der Waals surface area contributed by atoms with E-state index < -0.39 is 5.97 Å². The van der Waals surface area contributed by atoms with Gasteiger partial charge >= 0.3 is 5.97 Å². The van der Waals surface area contributed by atoms with Crippen LogP contribution in [0.1, 0.15) is 31.2 Å². The first-order valence-electron chi connectivity index (χ1n) is 6.05. The van der Waals surface area contributed by atoms with Crippen LogP contribution in [0.2, 0.25) is 0 Å². The van der Waals surface area contributed by atoms with Gasteiger partial charge in [-0.25, -0.2) is 4.98 Å². The molecule has 5 nitrogen and oxygen atoms in total. The standard InChI is InChI=1S/C13H15N3O2/c14-8-10-5-6-15-12(7-10)16(9-13(17)18)11-3-1-2-4-11/h5-7,11H,1-4,9H2,(H,17,18). The third-order valence-electron chi connectivity index (χ3n) is 3.24. The van der Waals surface area contributed by atoms with Crippen LogP contribution in [-0.2, 0) is 4.79 Å². The number of hydrogen-bond acceptors (Lipinski definition) is 4. The number of carboxylic acid groups (broad SMARTS) is 1. The van der Waals surface area contributed by atoms with Gasteiger partial charge in [-0.15, -0.1) is 0 Å². The Morgan fingerprint density at radius 3 is 2.89 bits per heavy atom. The van der Waals surface area contributed by atoms with Crippen LogP contribution in [0.5, 0.6) is 0 Å². The molecule has 0 amide bonds. The van der Waals surface area contributed by atoms with Gasteiger partial charge < -0.3 is 10.0 Å². The van der Waals surface area contributed by atoms with Gasteiger partial charge in [-0.05, 0) is 25.0 Å². The van der Waals surface area contributed by atoms with Gasteiger partial charge in [0, 0.05) is 12.2 Å². The fraction of sp³-hybridized carbons (Fsp3) is 0.462. The van der Waals surface area contributed by atoms with Crippen LogP contribution in [-0.4, -0.2) is 28.6 Å². The highest BCUT2D eigenvalue weighted by atomic mass is 16.4. The second-order valence-corrected chi connectivity index (χ2v) is 4.47. The molecule has 1 fully saturated rings. The summed E-state index contributed by atoms with van der Waals surface area (Å²) in [4.78, 5) is 17.0. The summed E-state index contributed by atoms with van der Waals surface area (Å²) < 4.78 is 0. The Morgan fingerprint density at radius 1 is 1.56 bits per heavy atom. The zero-order valence-electron chi connectivity index (χ0n) is 10.0. The quantitative estimate of drug-likeness (QED) is 0.875. The normalized spacial score (nSPS) is 15.3. The molecule has 1 saturated carbocycles. The second kappa shape index (κ2) is 5.50. The van der Waals surface area contributed by atoms with Crippen molar-refractivity contribution in [3.63, 3.8) is 0 Å². The Morgan fingerprint density at radius 2 is 2.28 bits per heavy atom. The number of aromatic nitrogens is 1. The van der Waals surface area contributed by atoms with Crippen molar-refractivity contribution >= 4 is 11.8 Å². The van der Waals surface area contributed by atoms with Crippen molar-refractivity contribution in [3.8, 4) is 6.07 Å². The fourth-order valence-electron chi connectivity index (χ4n) is 2.40. The van der Waals surface area contributed by atoms with Crippen molar-refractivity contribution in [2.75, 3.05) is 11.4 Å². The summed E-state index contributed by atoms with van der Waals surface area (Å²) in [5.41, 5.74) is 0.508. The number of carboxylic acids is 1. The van der Waals surface area contributed by atoms with Crippen LogP contribution in [0, 0.1) is 11.3 Å². The number of carbonyl (C=O) groups is 1. The minimum atomic E-state index is -0.869. The van der Waals surface area contributed by atoms with Gasteiger partial charge in [0.25, 0.3) is 0 Å². The molecule has 1 aromatic rings. The summed E-state index contributed by atoms with van der Waals surface area (Å²) in [6, 6.07) is 5.55. The smallest absolute Gasteiger partial charge is 0.323 e. The predicted octanol–water partition coefficient (Wildman–Crippen LogP) is 1.79. The Bertz CT molecular complexity index is 475. The molecule has 0 saturated heterocycles. The summed E-state index contributed by atoms with van der Waals surface area (Å²) in [5, 5.41) is 17.9. The molecule has 1 heterocycles. The molecule has 0 aliphatic heterocycles. The van der Waals surface area contributed by atoms with Crippen molar-refractivity contribution in [1.82, 2.24) is 4.98 Å². The summed E-state index contributed by atoms with van der Waals surface area (Å²) in [5.74, 6) is -0.283. The third-order valence-corrected chi connectivity index (χ3v) is 3.24. The summed E-state index contributed by atoms with van der Waals surface area (Å²) in [7, 11) is 0. The number of aliphatic carboxylic acids is 1. The molecule has 18 heavy (non-hydrogen) atoms. The number of nitrogens with zero attached hydrogens (tertiary/aromatic N) is 3. The lowest BCUT2D eigenvalue weighted by atomic mass is 10.2. The first-order valence-corrected chi connectivity index (χ1v) is 6.05. The minimum Gasteiger partial charge on any atom is -0.480 e. The van der Waals surface area contributed by atoms with Crippen molar-refractivity contribution in [2.24, 2.45) is 0 Å².